The van der Waals surface area contributed by atoms with Crippen LogP contribution in [0.5, 0.6) is 0 Å². The van der Waals surface area contributed by atoms with Gasteiger partial charge in [0.2, 0.25) is 0 Å². The van der Waals surface area contributed by atoms with E-state index in [0.717, 1.165) is 0 Å². The Kier molecular flexibility index (Phi) is 17.1. The Balaban J connectivity index is 0. The van der Waals surface area contributed by atoms with Crippen molar-refractivity contribution in [2.45, 2.75) is 0 Å². The summed E-state index contributed by atoms with van der Waals surface area (Å²) in [5, 5.41) is 0. The molecule has 0 heterocycles. The number of hydrogen-bond acceptors (Lipinski definition) is 1. The molecule has 0 aliphatic carbocycles. The van der Waals surface area contributed by atoms with Gasteiger partial charge in [-0.3, -0.25) is 0 Å². The van der Waals surface area contributed by atoms with Crippen molar-refractivity contribution in [2.24, 2.45) is 0 Å². The van der Waals surface area contributed by atoms with E-state index in [0.29, 0.717) is 0 Å². The molecule has 0 atom stereocenters. The Hall–Kier alpha value is 1.56. The molecule has 0 radical (unpaired) electrons. The number of halogens is 1. The molecule has 49 valence electrons. The first-order valence-electron chi connectivity index (χ1n) is 1.39. The first-order valence-corrected chi connectivity index (χ1v) is 6.39. The van der Waals surface area contributed by atoms with Gasteiger partial charge in [0, 0.05) is 0 Å². The molecule has 0 aliphatic heterocycles. The maximum atomic E-state index is 4.53. The van der Waals surface area contributed by atoms with Crippen molar-refractivity contribution in [1.29, 1.82) is 0 Å². The zero-order valence-corrected chi connectivity index (χ0v) is 8.12. The van der Waals surface area contributed by atoms with Gasteiger partial charge in [-0.1, -0.05) is 0 Å². The second kappa shape index (κ2) is 10.5. The van der Waals surface area contributed by atoms with Crippen LogP contribution in [0.4, 0.5) is 0 Å². The third-order valence-corrected chi connectivity index (χ3v) is 0.707. The van der Waals surface area contributed by atoms with Gasteiger partial charge in [0.1, 0.15) is 23.7 Å². The quantitative estimate of drug-likeness (QED) is 0.306. The average molecular weight is 283 g/mol. The summed E-state index contributed by atoms with van der Waals surface area (Å²) in [5.74, 6) is 0. The molecule has 0 fully saturated rings. The predicted octanol–water partition coefficient (Wildman–Crippen LogP) is 1.47. The van der Waals surface area contributed by atoms with Gasteiger partial charge in [0.05, 0.1) is 0 Å². The molecule has 0 saturated carbocycles. The van der Waals surface area contributed by atoms with Gasteiger partial charge in [0.25, 0.3) is 0 Å². The van der Waals surface area contributed by atoms with Crippen molar-refractivity contribution >= 4 is 31.5 Å². The van der Waals surface area contributed by atoms with Crippen LogP contribution in [0.1, 0.15) is 0 Å². The molecule has 0 rings (SSSR count). The van der Waals surface area contributed by atoms with Crippen molar-refractivity contribution in [3.05, 3.63) is 7.11 Å². The van der Waals surface area contributed by atoms with Gasteiger partial charge < -0.3 is 4.18 Å². The van der Waals surface area contributed by atoms with Crippen molar-refractivity contribution in [2.75, 3.05) is 12.5 Å². The zero-order valence-electron chi connectivity index (χ0n) is 4.20. The van der Waals surface area contributed by atoms with E-state index in [9.17, 15) is 0 Å². The summed E-state index contributed by atoms with van der Waals surface area (Å²) in [6, 6.07) is 0. The van der Waals surface area contributed by atoms with Crippen molar-refractivity contribution in [3.63, 3.8) is 0 Å². The van der Waals surface area contributed by atoms with Crippen LogP contribution in [0, 0.1) is 7.11 Å². The second-order valence-corrected chi connectivity index (χ2v) is 2.58. The van der Waals surface area contributed by atoms with Gasteiger partial charge >= 0.3 is 33.1 Å². The van der Waals surface area contributed by atoms with Crippen molar-refractivity contribution in [1.82, 2.24) is 0 Å². The Morgan fingerprint density at radius 2 is 1.71 bits per heavy atom. The molecule has 0 amide bonds. The van der Waals surface area contributed by atoms with Gasteiger partial charge in [-0.25, -0.2) is 0 Å². The van der Waals surface area contributed by atoms with E-state index in [4.69, 9.17) is 0 Å². The fourth-order valence-corrected chi connectivity index (χ4v) is 0. The molecule has 0 spiro atoms. The summed E-state index contributed by atoms with van der Waals surface area (Å²) in [5.41, 5.74) is 0. The first-order chi connectivity index (χ1) is 3.27. The van der Waals surface area contributed by atoms with Gasteiger partial charge in [-0.2, -0.15) is 7.11 Å². The van der Waals surface area contributed by atoms with E-state index < -0.39 is 0 Å². The van der Waals surface area contributed by atoms with Crippen molar-refractivity contribution < 1.29 is 16.9 Å². The minimum absolute atomic E-state index is 0.0664. The molecule has 1 nitrogen and oxygen atoms in total. The Morgan fingerprint density at radius 3 is 1.71 bits per heavy atom. The third kappa shape index (κ3) is 18.4. The summed E-state index contributed by atoms with van der Waals surface area (Å²) in [4.78, 5) is 0. The summed E-state index contributed by atoms with van der Waals surface area (Å²) in [6.07, 6.45) is 3.93. The van der Waals surface area contributed by atoms with Crippen LogP contribution in [-0.2, 0) is 28.1 Å². The fourth-order valence-electron chi connectivity index (χ4n) is 0. The third-order valence-electron chi connectivity index (χ3n) is 0.236. The molecule has 0 aromatic heterocycles. The van der Waals surface area contributed by atoms with Crippen molar-refractivity contribution in [3.8, 4) is 0 Å². The van der Waals surface area contributed by atoms with E-state index in [2.05, 4.69) is 24.1 Å². The SMILES string of the molecule is [CH2-]O[S+](C)C.[Cu+][I]. The fraction of sp³-hybridized carbons (Fsp3) is 0.667. The van der Waals surface area contributed by atoms with E-state index in [1.165, 1.54) is 0 Å². The standard InChI is InChI=1S/C3H8OS.Cu.HI/c1-4-5(2)3;;/h1H2,2-3H3;;1H/q;+2;/p-1. The van der Waals surface area contributed by atoms with E-state index in [1.807, 2.05) is 12.5 Å². The van der Waals surface area contributed by atoms with Crippen LogP contribution in [-0.4, -0.2) is 12.5 Å². The van der Waals surface area contributed by atoms with E-state index >= 15 is 0 Å². The summed E-state index contributed by atoms with van der Waals surface area (Å²) < 4.78 is 4.53. The van der Waals surface area contributed by atoms with Crippen LogP contribution in [0.15, 0.2) is 0 Å². The summed E-state index contributed by atoms with van der Waals surface area (Å²) >= 11 is 5.94. The first kappa shape index (κ1) is 11.4. The normalized spacial score (nSPS) is 7.86. The molecule has 4 heteroatoms. The average Bonchev–Trinajstić information content (AvgIpc) is 1.73. The summed E-state index contributed by atoms with van der Waals surface area (Å²) in [7, 11) is 3.20. The molecule has 0 aliphatic rings. The molecular weight excluding hydrogens is 275 g/mol. The number of hydrogen-bond donors (Lipinski definition) is 0. The molecular formula is C3H8CuIOS+. The Bertz CT molecular complexity index is 28.9. The van der Waals surface area contributed by atoms with Crippen LogP contribution >= 0.6 is 20.3 Å². The van der Waals surface area contributed by atoms with Crippen LogP contribution < -0.4 is 0 Å². The maximum absolute atomic E-state index is 4.53. The van der Waals surface area contributed by atoms with Crippen LogP contribution in [0.25, 0.3) is 0 Å². The Labute approximate surface area is 67.7 Å². The van der Waals surface area contributed by atoms with E-state index in [1.54, 1.807) is 20.3 Å². The van der Waals surface area contributed by atoms with E-state index in [-0.39, 0.29) is 11.2 Å². The topological polar surface area (TPSA) is 9.23 Å². The predicted molar refractivity (Wildman–Crippen MR) is 39.7 cm³/mol. The molecule has 0 aromatic carbocycles. The molecule has 0 saturated heterocycles. The van der Waals surface area contributed by atoms with Crippen LogP contribution in [0.3, 0.4) is 0 Å². The summed E-state index contributed by atoms with van der Waals surface area (Å²) in [6.45, 7) is 0. The zero-order chi connectivity index (χ0) is 6.28. The monoisotopic (exact) mass is 282 g/mol. The molecule has 0 aromatic rings. The molecule has 0 bridgehead atoms. The van der Waals surface area contributed by atoms with Crippen LogP contribution in [0.2, 0.25) is 0 Å². The molecule has 0 unspecified atom stereocenters. The van der Waals surface area contributed by atoms with Gasteiger partial charge in [0.15, 0.2) is 0 Å². The molecule has 7 heavy (non-hydrogen) atoms. The minimum atomic E-state index is 0.0664. The van der Waals surface area contributed by atoms with Gasteiger partial charge in [-0.15, -0.1) is 0 Å². The Morgan fingerprint density at radius 1 is 1.57 bits per heavy atom. The molecule has 0 N–H and O–H groups in total. The van der Waals surface area contributed by atoms with Gasteiger partial charge in [-0.05, 0) is 0 Å². The second-order valence-electron chi connectivity index (χ2n) is 0.859. The number of rotatable bonds is 1.